The molecular formula is C6H7NO3S+. The first-order valence-corrected chi connectivity index (χ1v) is 4.53. The predicted molar refractivity (Wildman–Crippen MR) is 41.8 cm³/mol. The fourth-order valence-electron chi connectivity index (χ4n) is 0.690. The molecule has 1 heterocycles. The minimum absolute atomic E-state index is 0.352. The molecule has 0 atom stereocenters. The lowest BCUT2D eigenvalue weighted by molar-refractivity contribution is 0.486. The second-order valence-electron chi connectivity index (χ2n) is 2.08. The quantitative estimate of drug-likeness (QED) is 0.585. The minimum Gasteiger partial charge on any atom is -0.285 e. The fourth-order valence-corrected chi connectivity index (χ4v) is 1.30. The molecule has 0 aliphatic carbocycles. The summed E-state index contributed by atoms with van der Waals surface area (Å²) in [6.07, 6.45) is 6.02. The summed E-state index contributed by atoms with van der Waals surface area (Å²) in [5.41, 5.74) is 0.530. The fraction of sp³-hybridized carbons (Fsp3) is 0.167. The van der Waals surface area contributed by atoms with Gasteiger partial charge < -0.3 is 0 Å². The van der Waals surface area contributed by atoms with Crippen molar-refractivity contribution in [3.63, 3.8) is 0 Å². The summed E-state index contributed by atoms with van der Waals surface area (Å²) < 4.78 is 29.1. The van der Waals surface area contributed by atoms with Crippen molar-refractivity contribution in [1.29, 1.82) is 0 Å². The molecule has 0 saturated heterocycles. The molecule has 1 N–H and O–H groups in total. The van der Waals surface area contributed by atoms with Crippen LogP contribution >= 0.6 is 0 Å². The summed E-state index contributed by atoms with van der Waals surface area (Å²) in [6.45, 7) is 0. The molecule has 5 heteroatoms. The van der Waals surface area contributed by atoms with E-state index in [2.05, 4.69) is 4.99 Å². The number of allylic oxidation sites excluding steroid dienone is 2. The van der Waals surface area contributed by atoms with Crippen molar-refractivity contribution in [2.45, 2.75) is 0 Å². The summed E-state index contributed by atoms with van der Waals surface area (Å²) >= 11 is 0. The molecule has 1 rings (SSSR count). The average Bonchev–Trinajstić information content (AvgIpc) is 1.85. The zero-order valence-corrected chi connectivity index (χ0v) is 6.45. The summed E-state index contributed by atoms with van der Waals surface area (Å²) in [7, 11) is -3.90. The Balaban J connectivity index is 2.73. The van der Waals surface area contributed by atoms with Crippen LogP contribution in [0.2, 0.25) is 0 Å². The van der Waals surface area contributed by atoms with Gasteiger partial charge in [-0.1, -0.05) is 0 Å². The third-order valence-electron chi connectivity index (χ3n) is 1.10. The van der Waals surface area contributed by atoms with Crippen molar-refractivity contribution in [3.05, 3.63) is 23.9 Å². The minimum atomic E-state index is -3.90. The third kappa shape index (κ3) is 3.10. The number of nitrogens with zero attached hydrogens (tertiary/aromatic N) is 1. The molecule has 0 aromatic rings. The van der Waals surface area contributed by atoms with Crippen LogP contribution in [0.4, 0.5) is 0 Å². The van der Waals surface area contributed by atoms with E-state index in [4.69, 9.17) is 4.55 Å². The smallest absolute Gasteiger partial charge is 0.269 e. The Kier molecular flexibility index (Phi) is 2.21. The van der Waals surface area contributed by atoms with Crippen molar-refractivity contribution >= 4 is 16.3 Å². The van der Waals surface area contributed by atoms with Crippen LogP contribution in [-0.2, 0) is 10.1 Å². The Morgan fingerprint density at radius 1 is 1.55 bits per heavy atom. The van der Waals surface area contributed by atoms with E-state index in [1.54, 1.807) is 0 Å². The summed E-state index contributed by atoms with van der Waals surface area (Å²) in [5, 5.41) is 0. The monoisotopic (exact) mass is 173 g/mol. The molecule has 0 aromatic heterocycles. The molecular weight excluding hydrogens is 166 g/mol. The van der Waals surface area contributed by atoms with Gasteiger partial charge in [0.15, 0.2) is 0 Å². The zero-order valence-electron chi connectivity index (χ0n) is 5.64. The molecule has 59 valence electrons. The number of hydrogen-bond acceptors (Lipinski definition) is 3. The zero-order chi connectivity index (χ0) is 8.32. The van der Waals surface area contributed by atoms with Crippen molar-refractivity contribution in [3.8, 4) is 0 Å². The second-order valence-corrected chi connectivity index (χ2v) is 3.53. The van der Waals surface area contributed by atoms with Gasteiger partial charge >= 0.3 is 0 Å². The van der Waals surface area contributed by atoms with E-state index in [0.717, 1.165) is 0 Å². The highest BCUT2D eigenvalue weighted by Gasteiger charge is 2.09. The number of aliphatic imine (C=N–C) groups is 1. The molecule has 0 bridgehead atoms. The average molecular weight is 173 g/mol. The van der Waals surface area contributed by atoms with Crippen molar-refractivity contribution in [2.75, 3.05) is 5.75 Å². The maximum Gasteiger partial charge on any atom is 0.269 e. The molecule has 1 aliphatic rings. The van der Waals surface area contributed by atoms with E-state index in [9.17, 15) is 8.42 Å². The summed E-state index contributed by atoms with van der Waals surface area (Å²) in [5.74, 6) is -0.352. The topological polar surface area (TPSA) is 68.5 Å². The van der Waals surface area contributed by atoms with Crippen LogP contribution in [0.25, 0.3) is 0 Å². The standard InChI is InChI=1S/C6H7NO3S/c8-11(9,10)5-6-1-3-7-4-2-6/h1-4H,5H2,(H,8,9,10)/q+1. The molecule has 0 unspecified atom stereocenters. The van der Waals surface area contributed by atoms with Crippen molar-refractivity contribution in [2.24, 2.45) is 0 Å². The van der Waals surface area contributed by atoms with Crippen LogP contribution in [0, 0.1) is 0 Å². The lowest BCUT2D eigenvalue weighted by Gasteiger charge is -1.94. The number of hydrogen-bond donors (Lipinski definition) is 1. The Morgan fingerprint density at radius 3 is 2.73 bits per heavy atom. The first kappa shape index (κ1) is 8.16. The van der Waals surface area contributed by atoms with Crippen LogP contribution in [0.1, 0.15) is 0 Å². The molecule has 1 radical (unpaired) electrons. The molecule has 4 nitrogen and oxygen atoms in total. The van der Waals surface area contributed by atoms with Gasteiger partial charge in [0, 0.05) is 12.2 Å². The van der Waals surface area contributed by atoms with E-state index in [1.807, 2.05) is 0 Å². The van der Waals surface area contributed by atoms with Gasteiger partial charge in [0.1, 0.15) is 5.75 Å². The Hall–Kier alpha value is -0.940. The van der Waals surface area contributed by atoms with Crippen LogP contribution < -0.4 is 4.99 Å². The van der Waals surface area contributed by atoms with E-state index < -0.39 is 10.1 Å². The van der Waals surface area contributed by atoms with Gasteiger partial charge in [-0.2, -0.15) is 8.42 Å². The second kappa shape index (κ2) is 2.98. The van der Waals surface area contributed by atoms with Gasteiger partial charge in [0.25, 0.3) is 10.1 Å². The van der Waals surface area contributed by atoms with Crippen LogP contribution in [0.5, 0.6) is 0 Å². The van der Waals surface area contributed by atoms with E-state index in [0.29, 0.717) is 5.57 Å². The summed E-state index contributed by atoms with van der Waals surface area (Å²) in [6, 6.07) is 0. The van der Waals surface area contributed by atoms with E-state index in [-0.39, 0.29) is 5.75 Å². The first-order valence-electron chi connectivity index (χ1n) is 2.92. The number of rotatable bonds is 2. The summed E-state index contributed by atoms with van der Waals surface area (Å²) in [4.78, 5) is 3.70. The Bertz CT molecular complexity index is 324. The van der Waals surface area contributed by atoms with Crippen LogP contribution in [-0.4, -0.2) is 24.9 Å². The van der Waals surface area contributed by atoms with Crippen molar-refractivity contribution < 1.29 is 13.0 Å². The van der Waals surface area contributed by atoms with Gasteiger partial charge in [0.05, 0.1) is 4.99 Å². The Labute approximate surface area is 64.7 Å². The Morgan fingerprint density at radius 2 is 2.27 bits per heavy atom. The van der Waals surface area contributed by atoms with Crippen molar-refractivity contribution in [1.82, 2.24) is 4.99 Å². The molecule has 1 aliphatic heterocycles. The van der Waals surface area contributed by atoms with Crippen LogP contribution in [0.3, 0.4) is 0 Å². The van der Waals surface area contributed by atoms with E-state index in [1.165, 1.54) is 24.6 Å². The van der Waals surface area contributed by atoms with Crippen LogP contribution in [0.15, 0.2) is 23.9 Å². The molecule has 0 saturated carbocycles. The van der Waals surface area contributed by atoms with Gasteiger partial charge in [-0.3, -0.25) is 4.55 Å². The normalized spacial score (nSPS) is 16.6. The van der Waals surface area contributed by atoms with E-state index >= 15 is 0 Å². The molecule has 0 spiro atoms. The van der Waals surface area contributed by atoms with Gasteiger partial charge in [-0.15, -0.1) is 0 Å². The lowest BCUT2D eigenvalue weighted by Crippen LogP contribution is -2.07. The largest absolute Gasteiger partial charge is 0.285 e. The third-order valence-corrected chi connectivity index (χ3v) is 1.80. The maximum absolute atomic E-state index is 10.3. The highest BCUT2D eigenvalue weighted by atomic mass is 32.2. The first-order chi connectivity index (χ1) is 5.08. The lowest BCUT2D eigenvalue weighted by atomic mass is 10.2. The highest BCUT2D eigenvalue weighted by molar-refractivity contribution is 7.86. The SMILES string of the molecule is O=S(=O)(O)CC1=CC=[N+]C=C1. The van der Waals surface area contributed by atoms with Gasteiger partial charge in [-0.05, 0) is 5.57 Å². The predicted octanol–water partition coefficient (Wildman–Crippen LogP) is -0.265. The molecule has 0 fully saturated rings. The molecule has 11 heavy (non-hydrogen) atoms. The molecule has 0 aromatic carbocycles. The highest BCUT2D eigenvalue weighted by Crippen LogP contribution is 2.01. The van der Waals surface area contributed by atoms with Gasteiger partial charge in [-0.25, -0.2) is 0 Å². The molecule has 0 amide bonds. The van der Waals surface area contributed by atoms with Gasteiger partial charge in [0.2, 0.25) is 12.4 Å². The maximum atomic E-state index is 10.3.